The minimum atomic E-state index is -0.0167. The number of hydrogen-bond acceptors (Lipinski definition) is 4. The Morgan fingerprint density at radius 1 is 1.35 bits per heavy atom. The molecule has 4 nitrogen and oxygen atoms in total. The van der Waals surface area contributed by atoms with Gasteiger partial charge >= 0.3 is 0 Å². The van der Waals surface area contributed by atoms with E-state index in [-0.39, 0.29) is 18.3 Å². The number of amides is 1. The Hall–Kier alpha value is -0.850. The zero-order valence-corrected chi connectivity index (χ0v) is 15.7. The Kier molecular flexibility index (Phi) is 8.87. The molecule has 0 spiro atoms. The largest absolute Gasteiger partial charge is 0.320 e. The van der Waals surface area contributed by atoms with E-state index in [1.54, 1.807) is 12.3 Å². The number of carbonyl (C=O) groups is 1. The molecule has 0 aliphatic rings. The number of hydrogen-bond donors (Lipinski definition) is 2. The number of benzene rings is 1. The predicted molar refractivity (Wildman–Crippen MR) is 100 cm³/mol. The minimum Gasteiger partial charge on any atom is -0.320 e. The summed E-state index contributed by atoms with van der Waals surface area (Å²) in [6.45, 7) is 0.823. The lowest BCUT2D eigenvalue weighted by molar-refractivity contribution is -0.116. The van der Waals surface area contributed by atoms with Crippen LogP contribution in [0, 0.1) is 0 Å². The maximum absolute atomic E-state index is 11.7. The van der Waals surface area contributed by atoms with Crippen LogP contribution in [-0.4, -0.2) is 24.5 Å². The van der Waals surface area contributed by atoms with Crippen molar-refractivity contribution in [3.05, 3.63) is 44.9 Å². The van der Waals surface area contributed by atoms with E-state index in [4.69, 9.17) is 23.2 Å². The molecule has 1 amide bonds. The second-order valence-corrected chi connectivity index (χ2v) is 6.68. The summed E-state index contributed by atoms with van der Waals surface area (Å²) in [5.41, 5.74) is 0.949. The Balaban J connectivity index is 0.00000264. The molecule has 126 valence electrons. The van der Waals surface area contributed by atoms with Crippen molar-refractivity contribution in [3.63, 3.8) is 0 Å². The summed E-state index contributed by atoms with van der Waals surface area (Å²) in [6, 6.07) is 5.57. The fraction of sp³-hybridized carbons (Fsp3) is 0.333. The SMILES string of the molecule is CNCCCC(=O)Nc1ncc(Cc2cccc(Cl)c2Cl)s1.Cl. The highest BCUT2D eigenvalue weighted by Crippen LogP contribution is 2.29. The summed E-state index contributed by atoms with van der Waals surface area (Å²) in [6.07, 6.45) is 3.69. The summed E-state index contributed by atoms with van der Waals surface area (Å²) in [5.74, 6) is -0.0167. The van der Waals surface area contributed by atoms with E-state index in [1.165, 1.54) is 11.3 Å². The van der Waals surface area contributed by atoms with Crippen LogP contribution in [0.2, 0.25) is 10.0 Å². The van der Waals surface area contributed by atoms with Gasteiger partial charge in [0.2, 0.25) is 5.91 Å². The van der Waals surface area contributed by atoms with Crippen molar-refractivity contribution in [1.29, 1.82) is 0 Å². The monoisotopic (exact) mass is 393 g/mol. The Morgan fingerprint density at radius 3 is 2.87 bits per heavy atom. The third kappa shape index (κ3) is 6.28. The Morgan fingerprint density at radius 2 is 2.13 bits per heavy atom. The number of nitrogens with zero attached hydrogens (tertiary/aromatic N) is 1. The third-order valence-corrected chi connectivity index (χ3v) is 4.80. The van der Waals surface area contributed by atoms with Gasteiger partial charge in [-0.05, 0) is 31.6 Å². The number of anilines is 1. The van der Waals surface area contributed by atoms with Gasteiger partial charge in [0.05, 0.1) is 10.0 Å². The molecule has 1 aromatic heterocycles. The zero-order valence-electron chi connectivity index (χ0n) is 12.6. The van der Waals surface area contributed by atoms with Crippen LogP contribution in [0.5, 0.6) is 0 Å². The number of halogens is 3. The molecule has 1 aromatic carbocycles. The van der Waals surface area contributed by atoms with Gasteiger partial charge in [-0.25, -0.2) is 4.98 Å². The van der Waals surface area contributed by atoms with Crippen LogP contribution in [0.25, 0.3) is 0 Å². The van der Waals surface area contributed by atoms with Crippen molar-refractivity contribution in [1.82, 2.24) is 10.3 Å². The molecule has 23 heavy (non-hydrogen) atoms. The van der Waals surface area contributed by atoms with Gasteiger partial charge in [0.15, 0.2) is 5.13 Å². The highest BCUT2D eigenvalue weighted by atomic mass is 35.5. The number of thiazole rings is 1. The summed E-state index contributed by atoms with van der Waals surface area (Å²) >= 11 is 13.6. The average Bonchev–Trinajstić information content (AvgIpc) is 2.91. The standard InChI is InChI=1S/C15H17Cl2N3OS.ClH/c1-18-7-3-6-13(21)20-15-19-9-11(22-15)8-10-4-2-5-12(16)14(10)17;/h2,4-5,9,18H,3,6-8H2,1H3,(H,19,20,21);1H. The highest BCUT2D eigenvalue weighted by molar-refractivity contribution is 7.15. The molecule has 2 aromatic rings. The molecule has 8 heteroatoms. The molecule has 0 saturated carbocycles. The first-order valence-corrected chi connectivity index (χ1v) is 8.49. The number of nitrogens with one attached hydrogen (secondary N) is 2. The molecule has 2 rings (SSSR count). The van der Waals surface area contributed by atoms with Crippen LogP contribution < -0.4 is 10.6 Å². The lowest BCUT2D eigenvalue weighted by atomic mass is 10.1. The van der Waals surface area contributed by atoms with Crippen molar-refractivity contribution in [2.45, 2.75) is 19.3 Å². The van der Waals surface area contributed by atoms with Crippen molar-refractivity contribution in [3.8, 4) is 0 Å². The van der Waals surface area contributed by atoms with E-state index in [0.717, 1.165) is 23.4 Å². The molecule has 0 saturated heterocycles. The van der Waals surface area contributed by atoms with Crippen molar-refractivity contribution < 1.29 is 4.79 Å². The lowest BCUT2D eigenvalue weighted by Gasteiger charge is -2.03. The molecule has 1 heterocycles. The smallest absolute Gasteiger partial charge is 0.226 e. The van der Waals surface area contributed by atoms with Crippen LogP contribution in [0.1, 0.15) is 23.3 Å². The van der Waals surface area contributed by atoms with Gasteiger partial charge in [0.25, 0.3) is 0 Å². The molecule has 0 aliphatic carbocycles. The van der Waals surface area contributed by atoms with Gasteiger partial charge in [-0.2, -0.15) is 0 Å². The first kappa shape index (κ1) is 20.2. The van der Waals surface area contributed by atoms with E-state index < -0.39 is 0 Å². The molecule has 0 fully saturated rings. The summed E-state index contributed by atoms with van der Waals surface area (Å²) in [4.78, 5) is 17.0. The summed E-state index contributed by atoms with van der Waals surface area (Å²) < 4.78 is 0. The molecular formula is C15H18Cl3N3OS. The predicted octanol–water partition coefficient (Wildman–Crippen LogP) is 4.40. The van der Waals surface area contributed by atoms with Crippen LogP contribution in [-0.2, 0) is 11.2 Å². The van der Waals surface area contributed by atoms with E-state index in [0.29, 0.717) is 28.0 Å². The Labute approximate surface area is 156 Å². The van der Waals surface area contributed by atoms with Gasteiger partial charge in [-0.3, -0.25) is 4.79 Å². The first-order valence-electron chi connectivity index (χ1n) is 6.92. The van der Waals surface area contributed by atoms with Gasteiger partial charge in [0.1, 0.15) is 0 Å². The van der Waals surface area contributed by atoms with E-state index in [1.807, 2.05) is 19.2 Å². The Bertz CT molecular complexity index is 649. The quantitative estimate of drug-likeness (QED) is 0.684. The minimum absolute atomic E-state index is 0. The fourth-order valence-corrected chi connectivity index (χ4v) is 3.17. The molecule has 0 aliphatic heterocycles. The van der Waals surface area contributed by atoms with Gasteiger partial charge in [-0.15, -0.1) is 23.7 Å². The summed E-state index contributed by atoms with van der Waals surface area (Å²) in [5, 5.41) is 7.55. The normalized spacial score (nSPS) is 10.2. The van der Waals surface area contributed by atoms with Crippen molar-refractivity contribution >= 4 is 58.0 Å². The van der Waals surface area contributed by atoms with Gasteiger partial charge in [0, 0.05) is 23.9 Å². The summed E-state index contributed by atoms with van der Waals surface area (Å²) in [7, 11) is 1.87. The third-order valence-electron chi connectivity index (χ3n) is 3.03. The first-order chi connectivity index (χ1) is 10.6. The van der Waals surface area contributed by atoms with Gasteiger partial charge < -0.3 is 10.6 Å². The number of aromatic nitrogens is 1. The maximum atomic E-state index is 11.7. The van der Waals surface area contributed by atoms with E-state index in [9.17, 15) is 4.79 Å². The van der Waals surface area contributed by atoms with E-state index in [2.05, 4.69) is 15.6 Å². The molecule has 0 radical (unpaired) electrons. The number of carbonyl (C=O) groups excluding carboxylic acids is 1. The molecule has 0 unspecified atom stereocenters. The topological polar surface area (TPSA) is 54.0 Å². The molecular weight excluding hydrogens is 377 g/mol. The lowest BCUT2D eigenvalue weighted by Crippen LogP contribution is -2.14. The molecule has 0 bridgehead atoms. The molecule has 0 atom stereocenters. The highest BCUT2D eigenvalue weighted by Gasteiger charge is 2.10. The van der Waals surface area contributed by atoms with Crippen molar-refractivity contribution in [2.75, 3.05) is 18.9 Å². The number of rotatable bonds is 7. The van der Waals surface area contributed by atoms with E-state index >= 15 is 0 Å². The second kappa shape index (κ2) is 10.1. The van der Waals surface area contributed by atoms with Crippen molar-refractivity contribution in [2.24, 2.45) is 0 Å². The average molecular weight is 395 g/mol. The fourth-order valence-electron chi connectivity index (χ4n) is 1.93. The zero-order chi connectivity index (χ0) is 15.9. The van der Waals surface area contributed by atoms with Gasteiger partial charge in [-0.1, -0.05) is 35.3 Å². The van der Waals surface area contributed by atoms with Crippen LogP contribution in [0.3, 0.4) is 0 Å². The second-order valence-electron chi connectivity index (χ2n) is 4.78. The van der Waals surface area contributed by atoms with Crippen LogP contribution >= 0.6 is 46.9 Å². The van der Waals surface area contributed by atoms with Crippen LogP contribution in [0.15, 0.2) is 24.4 Å². The maximum Gasteiger partial charge on any atom is 0.226 e. The van der Waals surface area contributed by atoms with Crippen LogP contribution in [0.4, 0.5) is 5.13 Å². The molecule has 2 N–H and O–H groups in total.